The van der Waals surface area contributed by atoms with Crippen LogP contribution in [-0.2, 0) is 11.3 Å². The van der Waals surface area contributed by atoms with Crippen molar-refractivity contribution in [2.75, 3.05) is 13.7 Å². The zero-order valence-electron chi connectivity index (χ0n) is 10.4. The standard InChI is InChI=1S/C13H20N2O2/c1-3-11(9-17-2)15-8-10-6-4-5-7-12(10)13(14)16/h4-7,11,15H,3,8-9H2,1-2H3,(H2,14,16). The lowest BCUT2D eigenvalue weighted by atomic mass is 10.1. The van der Waals surface area contributed by atoms with Crippen LogP contribution in [0.5, 0.6) is 0 Å². The first-order chi connectivity index (χ1) is 8.19. The quantitative estimate of drug-likeness (QED) is 0.750. The number of rotatable bonds is 7. The number of carbonyl (C=O) groups is 1. The molecule has 0 aliphatic rings. The first-order valence-electron chi connectivity index (χ1n) is 5.79. The van der Waals surface area contributed by atoms with Gasteiger partial charge in [0.1, 0.15) is 0 Å². The van der Waals surface area contributed by atoms with E-state index < -0.39 is 0 Å². The van der Waals surface area contributed by atoms with Crippen LogP contribution in [0.1, 0.15) is 29.3 Å². The maximum absolute atomic E-state index is 11.2. The summed E-state index contributed by atoms with van der Waals surface area (Å²) in [6, 6.07) is 7.67. The van der Waals surface area contributed by atoms with Gasteiger partial charge in [-0.2, -0.15) is 0 Å². The van der Waals surface area contributed by atoms with Crippen LogP contribution in [0, 0.1) is 0 Å². The first-order valence-corrected chi connectivity index (χ1v) is 5.79. The normalized spacial score (nSPS) is 12.4. The smallest absolute Gasteiger partial charge is 0.249 e. The van der Waals surface area contributed by atoms with E-state index in [0.29, 0.717) is 24.8 Å². The fourth-order valence-corrected chi connectivity index (χ4v) is 1.69. The first kappa shape index (κ1) is 13.7. The van der Waals surface area contributed by atoms with E-state index in [1.807, 2.05) is 18.2 Å². The van der Waals surface area contributed by atoms with Crippen LogP contribution in [-0.4, -0.2) is 25.7 Å². The number of benzene rings is 1. The summed E-state index contributed by atoms with van der Waals surface area (Å²) in [6.07, 6.45) is 0.979. The Balaban J connectivity index is 2.65. The molecule has 0 radical (unpaired) electrons. The van der Waals surface area contributed by atoms with Crippen molar-refractivity contribution in [3.8, 4) is 0 Å². The van der Waals surface area contributed by atoms with E-state index in [2.05, 4.69) is 12.2 Å². The fraction of sp³-hybridized carbons (Fsp3) is 0.462. The Kier molecular flexibility index (Phi) is 5.66. The summed E-state index contributed by atoms with van der Waals surface area (Å²) < 4.78 is 5.11. The SMILES string of the molecule is CCC(COC)NCc1ccccc1C(N)=O. The van der Waals surface area contributed by atoms with Crippen LogP contribution in [0.25, 0.3) is 0 Å². The molecule has 0 spiro atoms. The summed E-state index contributed by atoms with van der Waals surface area (Å²) in [5, 5.41) is 3.35. The van der Waals surface area contributed by atoms with Crippen molar-refractivity contribution in [3.63, 3.8) is 0 Å². The Morgan fingerprint density at radius 2 is 2.18 bits per heavy atom. The van der Waals surface area contributed by atoms with Crippen LogP contribution in [0.3, 0.4) is 0 Å². The molecular weight excluding hydrogens is 216 g/mol. The summed E-state index contributed by atoms with van der Waals surface area (Å²) in [6.45, 7) is 3.38. The summed E-state index contributed by atoms with van der Waals surface area (Å²) in [5.41, 5.74) is 6.82. The van der Waals surface area contributed by atoms with Crippen LogP contribution in [0.4, 0.5) is 0 Å². The minimum Gasteiger partial charge on any atom is -0.383 e. The van der Waals surface area contributed by atoms with Crippen molar-refractivity contribution in [2.45, 2.75) is 25.9 Å². The third-order valence-corrected chi connectivity index (χ3v) is 2.72. The van der Waals surface area contributed by atoms with Gasteiger partial charge in [-0.3, -0.25) is 4.79 Å². The molecule has 0 aliphatic heterocycles. The Labute approximate surface area is 102 Å². The maximum atomic E-state index is 11.2. The molecule has 4 nitrogen and oxygen atoms in total. The number of carbonyl (C=O) groups excluding carboxylic acids is 1. The van der Waals surface area contributed by atoms with Crippen molar-refractivity contribution < 1.29 is 9.53 Å². The van der Waals surface area contributed by atoms with E-state index in [1.165, 1.54) is 0 Å². The molecule has 3 N–H and O–H groups in total. The minimum atomic E-state index is -0.387. The molecule has 0 aliphatic carbocycles. The highest BCUT2D eigenvalue weighted by atomic mass is 16.5. The lowest BCUT2D eigenvalue weighted by Crippen LogP contribution is -2.32. The molecular formula is C13H20N2O2. The van der Waals surface area contributed by atoms with Crippen LogP contribution >= 0.6 is 0 Å². The largest absolute Gasteiger partial charge is 0.383 e. The molecule has 17 heavy (non-hydrogen) atoms. The predicted octanol–water partition coefficient (Wildman–Crippen LogP) is 1.30. The van der Waals surface area contributed by atoms with Crippen molar-refractivity contribution in [3.05, 3.63) is 35.4 Å². The van der Waals surface area contributed by atoms with Gasteiger partial charge in [-0.1, -0.05) is 25.1 Å². The van der Waals surface area contributed by atoms with Gasteiger partial charge < -0.3 is 15.8 Å². The van der Waals surface area contributed by atoms with E-state index in [9.17, 15) is 4.79 Å². The van der Waals surface area contributed by atoms with Crippen molar-refractivity contribution >= 4 is 5.91 Å². The van der Waals surface area contributed by atoms with Gasteiger partial charge in [0.25, 0.3) is 0 Å². The summed E-state index contributed by atoms with van der Waals surface area (Å²) in [7, 11) is 1.68. The molecule has 1 amide bonds. The second-order valence-electron chi connectivity index (χ2n) is 3.96. The highest BCUT2D eigenvalue weighted by Crippen LogP contribution is 2.08. The van der Waals surface area contributed by atoms with E-state index in [1.54, 1.807) is 13.2 Å². The monoisotopic (exact) mass is 236 g/mol. The van der Waals surface area contributed by atoms with E-state index >= 15 is 0 Å². The van der Waals surface area contributed by atoms with E-state index in [-0.39, 0.29) is 5.91 Å². The fourth-order valence-electron chi connectivity index (χ4n) is 1.69. The number of nitrogens with two attached hydrogens (primary N) is 1. The molecule has 0 saturated heterocycles. The van der Waals surface area contributed by atoms with E-state index in [0.717, 1.165) is 12.0 Å². The van der Waals surface area contributed by atoms with Crippen LogP contribution < -0.4 is 11.1 Å². The van der Waals surface area contributed by atoms with Gasteiger partial charge in [0.2, 0.25) is 5.91 Å². The third-order valence-electron chi connectivity index (χ3n) is 2.72. The molecule has 1 aromatic rings. The molecule has 0 heterocycles. The number of nitrogens with one attached hydrogen (secondary N) is 1. The third kappa shape index (κ3) is 4.17. The number of primary amides is 1. The molecule has 0 saturated carbocycles. The molecule has 0 bridgehead atoms. The average Bonchev–Trinajstić information content (AvgIpc) is 2.34. The van der Waals surface area contributed by atoms with Gasteiger partial charge in [-0.05, 0) is 18.1 Å². The highest BCUT2D eigenvalue weighted by molar-refractivity contribution is 5.94. The zero-order chi connectivity index (χ0) is 12.7. The number of amides is 1. The van der Waals surface area contributed by atoms with Gasteiger partial charge in [0.05, 0.1) is 6.61 Å². The molecule has 0 fully saturated rings. The van der Waals surface area contributed by atoms with Crippen molar-refractivity contribution in [1.29, 1.82) is 0 Å². The number of ether oxygens (including phenoxy) is 1. The number of hydrogen-bond donors (Lipinski definition) is 2. The van der Waals surface area contributed by atoms with Gasteiger partial charge in [0.15, 0.2) is 0 Å². The number of hydrogen-bond acceptors (Lipinski definition) is 3. The topological polar surface area (TPSA) is 64.3 Å². The molecule has 1 unspecified atom stereocenters. The highest BCUT2D eigenvalue weighted by Gasteiger charge is 2.09. The molecule has 1 rings (SSSR count). The van der Waals surface area contributed by atoms with Gasteiger partial charge >= 0.3 is 0 Å². The van der Waals surface area contributed by atoms with E-state index in [4.69, 9.17) is 10.5 Å². The summed E-state index contributed by atoms with van der Waals surface area (Å²) >= 11 is 0. The van der Waals surface area contributed by atoms with Crippen molar-refractivity contribution in [1.82, 2.24) is 5.32 Å². The van der Waals surface area contributed by atoms with Crippen LogP contribution in [0.2, 0.25) is 0 Å². The molecule has 94 valence electrons. The Hall–Kier alpha value is -1.39. The summed E-state index contributed by atoms with van der Waals surface area (Å²) in [5.74, 6) is -0.387. The second kappa shape index (κ2) is 7.04. The van der Waals surface area contributed by atoms with Crippen LogP contribution in [0.15, 0.2) is 24.3 Å². The molecule has 0 aromatic heterocycles. The van der Waals surface area contributed by atoms with Crippen molar-refractivity contribution in [2.24, 2.45) is 5.73 Å². The minimum absolute atomic E-state index is 0.293. The summed E-state index contributed by atoms with van der Waals surface area (Å²) in [4.78, 5) is 11.2. The molecule has 1 aromatic carbocycles. The lowest BCUT2D eigenvalue weighted by molar-refractivity contribution is 0.0999. The Bertz CT molecular complexity index is 366. The Morgan fingerprint density at radius 1 is 1.47 bits per heavy atom. The zero-order valence-corrected chi connectivity index (χ0v) is 10.4. The average molecular weight is 236 g/mol. The van der Waals surface area contributed by atoms with Gasteiger partial charge in [0, 0.05) is 25.3 Å². The lowest BCUT2D eigenvalue weighted by Gasteiger charge is -2.16. The van der Waals surface area contributed by atoms with Gasteiger partial charge in [-0.25, -0.2) is 0 Å². The second-order valence-corrected chi connectivity index (χ2v) is 3.96. The Morgan fingerprint density at radius 3 is 2.76 bits per heavy atom. The molecule has 1 atom stereocenters. The maximum Gasteiger partial charge on any atom is 0.249 e. The number of methoxy groups -OCH3 is 1. The predicted molar refractivity (Wildman–Crippen MR) is 67.8 cm³/mol. The van der Waals surface area contributed by atoms with Gasteiger partial charge in [-0.15, -0.1) is 0 Å². The molecule has 4 heteroatoms.